The van der Waals surface area contributed by atoms with Crippen molar-refractivity contribution in [3.63, 3.8) is 0 Å². The fraction of sp³-hybridized carbons (Fsp3) is 0.261. The molecule has 1 atom stereocenters. The maximum absolute atomic E-state index is 14.7. The molecule has 0 aliphatic carbocycles. The fourth-order valence-corrected chi connectivity index (χ4v) is 4.55. The topological polar surface area (TPSA) is 76.2 Å². The van der Waals surface area contributed by atoms with Crippen LogP contribution >= 0.6 is 23.2 Å². The number of methoxy groups -OCH3 is 1. The van der Waals surface area contributed by atoms with Crippen LogP contribution in [0.2, 0.25) is 10.0 Å². The Balaban J connectivity index is 1.53. The van der Waals surface area contributed by atoms with Gasteiger partial charge in [-0.15, -0.1) is 0 Å². The molecule has 0 unspecified atom stereocenters. The van der Waals surface area contributed by atoms with Gasteiger partial charge in [-0.3, -0.25) is 10.1 Å². The third-order valence-corrected chi connectivity index (χ3v) is 6.30. The van der Waals surface area contributed by atoms with Crippen LogP contribution < -0.4 is 14.4 Å². The summed E-state index contributed by atoms with van der Waals surface area (Å²) < 4.78 is 26.4. The van der Waals surface area contributed by atoms with E-state index in [1.54, 1.807) is 25.4 Å². The van der Waals surface area contributed by atoms with Crippen LogP contribution in [0.4, 0.5) is 10.2 Å². The minimum atomic E-state index is -0.482. The Kier molecular flexibility index (Phi) is 5.72. The van der Waals surface area contributed by atoms with E-state index in [2.05, 4.69) is 20.2 Å². The summed E-state index contributed by atoms with van der Waals surface area (Å²) in [6.45, 7) is 3.47. The highest BCUT2D eigenvalue weighted by molar-refractivity contribution is 6.35. The first-order valence-corrected chi connectivity index (χ1v) is 11.1. The lowest BCUT2D eigenvalue weighted by molar-refractivity contribution is 0.216. The number of nitrogens with zero attached hydrogens (tertiary/aromatic N) is 4. The third kappa shape index (κ3) is 3.94. The number of fused-ring (bicyclic) bond motifs is 1. The molecule has 1 aromatic carbocycles. The van der Waals surface area contributed by atoms with Crippen LogP contribution in [0.1, 0.15) is 25.0 Å². The minimum absolute atomic E-state index is 0.371. The fourth-order valence-electron chi connectivity index (χ4n) is 3.88. The van der Waals surface area contributed by atoms with Crippen molar-refractivity contribution >= 4 is 39.9 Å². The second-order valence-electron chi connectivity index (χ2n) is 7.77. The first-order valence-electron chi connectivity index (χ1n) is 10.4. The molecule has 1 saturated heterocycles. The molecule has 0 saturated carbocycles. The molecule has 0 amide bonds. The van der Waals surface area contributed by atoms with Crippen LogP contribution in [0.3, 0.4) is 0 Å². The van der Waals surface area contributed by atoms with Crippen LogP contribution in [0.5, 0.6) is 11.5 Å². The molecule has 1 aliphatic heterocycles. The quantitative estimate of drug-likeness (QED) is 0.369. The Morgan fingerprint density at radius 3 is 2.48 bits per heavy atom. The highest BCUT2D eigenvalue weighted by atomic mass is 35.5. The zero-order valence-electron chi connectivity index (χ0n) is 17.9. The van der Waals surface area contributed by atoms with Crippen molar-refractivity contribution in [1.82, 2.24) is 20.2 Å². The molecule has 33 heavy (non-hydrogen) atoms. The van der Waals surface area contributed by atoms with Crippen molar-refractivity contribution in [2.75, 3.05) is 25.1 Å². The average molecular weight is 488 g/mol. The van der Waals surface area contributed by atoms with Gasteiger partial charge in [-0.05, 0) is 25.5 Å². The Morgan fingerprint density at radius 1 is 1.09 bits per heavy atom. The van der Waals surface area contributed by atoms with Gasteiger partial charge in [0.15, 0.2) is 23.1 Å². The van der Waals surface area contributed by atoms with Crippen molar-refractivity contribution < 1.29 is 13.9 Å². The van der Waals surface area contributed by atoms with Crippen molar-refractivity contribution in [2.45, 2.75) is 19.4 Å². The van der Waals surface area contributed by atoms with Gasteiger partial charge in [0.05, 0.1) is 22.7 Å². The molecule has 10 heteroatoms. The lowest BCUT2D eigenvalue weighted by Gasteiger charge is -2.32. The molecule has 1 fully saturated rings. The maximum atomic E-state index is 14.7. The van der Waals surface area contributed by atoms with Crippen molar-refractivity contribution in [2.24, 2.45) is 0 Å². The summed E-state index contributed by atoms with van der Waals surface area (Å²) in [4.78, 5) is 10.2. The predicted molar refractivity (Wildman–Crippen MR) is 126 cm³/mol. The number of aromatic nitrogens is 4. The van der Waals surface area contributed by atoms with Crippen LogP contribution in [0.15, 0.2) is 36.8 Å². The van der Waals surface area contributed by atoms with Gasteiger partial charge < -0.3 is 14.4 Å². The highest BCUT2D eigenvalue weighted by Crippen LogP contribution is 2.40. The summed E-state index contributed by atoms with van der Waals surface area (Å²) in [6, 6.07) is 5.04. The van der Waals surface area contributed by atoms with Crippen LogP contribution in [-0.4, -0.2) is 40.4 Å². The zero-order chi connectivity index (χ0) is 23.1. The van der Waals surface area contributed by atoms with Gasteiger partial charge in [-0.2, -0.15) is 5.10 Å². The number of ether oxygens (including phenoxy) is 2. The van der Waals surface area contributed by atoms with Gasteiger partial charge in [0.25, 0.3) is 0 Å². The molecular weight excluding hydrogens is 468 g/mol. The van der Waals surface area contributed by atoms with Gasteiger partial charge >= 0.3 is 0 Å². The van der Waals surface area contributed by atoms with Crippen LogP contribution in [0, 0.1) is 5.82 Å². The summed E-state index contributed by atoms with van der Waals surface area (Å²) in [5.41, 5.74) is 2.46. The molecule has 3 aromatic heterocycles. The Bertz CT molecular complexity index is 1320. The van der Waals surface area contributed by atoms with Crippen LogP contribution in [0.25, 0.3) is 22.2 Å². The van der Waals surface area contributed by atoms with E-state index in [9.17, 15) is 4.39 Å². The van der Waals surface area contributed by atoms with Gasteiger partial charge in [0.1, 0.15) is 11.8 Å². The first-order chi connectivity index (χ1) is 16.0. The van der Waals surface area contributed by atoms with Gasteiger partial charge in [-0.1, -0.05) is 23.2 Å². The molecule has 1 aliphatic rings. The van der Waals surface area contributed by atoms with E-state index in [-0.39, 0.29) is 5.82 Å². The van der Waals surface area contributed by atoms with Crippen molar-refractivity contribution in [1.29, 1.82) is 0 Å². The Hall–Kier alpha value is -3.10. The summed E-state index contributed by atoms with van der Waals surface area (Å²) in [7, 11) is 1.55. The smallest absolute Gasteiger partial charge is 0.166 e. The SMILES string of the molecule is COc1cc2[nH]nc(-c3cnc(N4CCC4)c(F)c3)c2cc1O[C@H](C)c1c(Cl)cncc1Cl. The van der Waals surface area contributed by atoms with Gasteiger partial charge in [-0.25, -0.2) is 9.37 Å². The molecule has 4 heterocycles. The summed E-state index contributed by atoms with van der Waals surface area (Å²) in [5.74, 6) is 0.970. The maximum Gasteiger partial charge on any atom is 0.166 e. The van der Waals surface area contributed by atoms with Gasteiger partial charge in [0, 0.05) is 54.3 Å². The largest absolute Gasteiger partial charge is 0.493 e. The molecule has 0 bridgehead atoms. The number of aromatic amines is 1. The number of nitrogens with one attached hydrogen (secondary N) is 1. The zero-order valence-corrected chi connectivity index (χ0v) is 19.4. The molecule has 1 N–H and O–H groups in total. The number of H-pyrrole nitrogens is 1. The summed E-state index contributed by atoms with van der Waals surface area (Å²) >= 11 is 12.6. The normalized spacial score (nSPS) is 14.3. The number of hydrogen-bond donors (Lipinski definition) is 1. The van der Waals surface area contributed by atoms with E-state index in [1.807, 2.05) is 11.8 Å². The number of halogens is 3. The van der Waals surface area contributed by atoms with Crippen LogP contribution in [-0.2, 0) is 0 Å². The Morgan fingerprint density at radius 2 is 1.85 bits per heavy atom. The average Bonchev–Trinajstić information content (AvgIpc) is 3.16. The highest BCUT2D eigenvalue weighted by Gasteiger charge is 2.22. The lowest BCUT2D eigenvalue weighted by Crippen LogP contribution is -2.38. The molecule has 0 radical (unpaired) electrons. The van der Waals surface area contributed by atoms with E-state index in [0.717, 1.165) is 24.9 Å². The number of rotatable bonds is 6. The van der Waals surface area contributed by atoms with E-state index in [4.69, 9.17) is 32.7 Å². The molecule has 4 aromatic rings. The summed E-state index contributed by atoms with van der Waals surface area (Å²) in [5, 5.41) is 8.91. The van der Waals surface area contributed by atoms with E-state index in [1.165, 1.54) is 18.5 Å². The monoisotopic (exact) mass is 487 g/mol. The third-order valence-electron chi connectivity index (χ3n) is 5.70. The predicted octanol–water partition coefficient (Wildman–Crippen LogP) is 5.82. The molecule has 0 spiro atoms. The number of pyridine rings is 2. The van der Waals surface area contributed by atoms with E-state index < -0.39 is 6.10 Å². The molecule has 170 valence electrons. The van der Waals surface area contributed by atoms with Crippen molar-refractivity contribution in [3.8, 4) is 22.8 Å². The number of anilines is 1. The molecule has 7 nitrogen and oxygen atoms in total. The van der Waals surface area contributed by atoms with E-state index >= 15 is 0 Å². The summed E-state index contributed by atoms with van der Waals surface area (Å²) in [6.07, 6.45) is 5.23. The standard InChI is InChI=1S/C23H20Cl2FN5O2/c1-12(21-15(24)10-27-11-16(21)25)33-20-7-14-18(8-19(20)32-2)29-30-22(14)13-6-17(26)23(28-9-13)31-4-3-5-31/h6-12H,3-5H2,1-2H3,(H,29,30)/t12-/m1/s1. The second kappa shape index (κ2) is 8.68. The minimum Gasteiger partial charge on any atom is -0.493 e. The number of benzene rings is 1. The van der Waals surface area contributed by atoms with E-state index in [0.29, 0.717) is 49.7 Å². The Labute approximate surface area is 199 Å². The second-order valence-corrected chi connectivity index (χ2v) is 8.58. The molecule has 5 rings (SSSR count). The van der Waals surface area contributed by atoms with Gasteiger partial charge in [0.2, 0.25) is 0 Å². The van der Waals surface area contributed by atoms with Crippen molar-refractivity contribution in [3.05, 3.63) is 58.2 Å². The number of hydrogen-bond acceptors (Lipinski definition) is 6. The first kappa shape index (κ1) is 21.7. The lowest BCUT2D eigenvalue weighted by atomic mass is 10.1. The molecular formula is C23H20Cl2FN5O2.